The first-order chi connectivity index (χ1) is 8.86. The molecule has 0 aliphatic rings. The van der Waals surface area contributed by atoms with Crippen molar-refractivity contribution in [2.24, 2.45) is 0 Å². The van der Waals surface area contributed by atoms with Gasteiger partial charge in [-0.2, -0.15) is 0 Å². The predicted octanol–water partition coefficient (Wildman–Crippen LogP) is 3.65. The van der Waals surface area contributed by atoms with Crippen LogP contribution in [0.25, 0.3) is 0 Å². The summed E-state index contributed by atoms with van der Waals surface area (Å²) in [5, 5.41) is 3.38. The number of hydrogen-bond acceptors (Lipinski definition) is 3. The Hall–Kier alpha value is -0.380. The fourth-order valence-electron chi connectivity index (χ4n) is 1.95. The molecule has 1 aromatic heterocycles. The molecule has 0 bridgehead atoms. The van der Waals surface area contributed by atoms with Gasteiger partial charge in [-0.15, -0.1) is 11.3 Å². The van der Waals surface area contributed by atoms with E-state index in [-0.39, 0.29) is 0 Å². The fraction of sp³-hybridized carbons (Fsp3) is 0.733. The van der Waals surface area contributed by atoms with Gasteiger partial charge in [0.15, 0.2) is 0 Å². The SMILES string of the molecule is CCc1ccc(CCCCCCNCCOC)s1. The van der Waals surface area contributed by atoms with Gasteiger partial charge in [0.2, 0.25) is 0 Å². The van der Waals surface area contributed by atoms with Gasteiger partial charge in [-0.25, -0.2) is 0 Å². The van der Waals surface area contributed by atoms with E-state index >= 15 is 0 Å². The molecule has 104 valence electrons. The van der Waals surface area contributed by atoms with Gasteiger partial charge in [0.1, 0.15) is 0 Å². The molecule has 1 heterocycles. The fourth-order valence-corrected chi connectivity index (χ4v) is 2.95. The predicted molar refractivity (Wildman–Crippen MR) is 80.6 cm³/mol. The minimum atomic E-state index is 0.818. The molecule has 0 aliphatic heterocycles. The lowest BCUT2D eigenvalue weighted by atomic mass is 10.1. The lowest BCUT2D eigenvalue weighted by Crippen LogP contribution is -2.20. The monoisotopic (exact) mass is 269 g/mol. The van der Waals surface area contributed by atoms with Crippen LogP contribution >= 0.6 is 11.3 Å². The second kappa shape index (κ2) is 10.5. The number of thiophene rings is 1. The number of unbranched alkanes of at least 4 members (excludes halogenated alkanes) is 3. The van der Waals surface area contributed by atoms with Crippen molar-refractivity contribution in [2.45, 2.75) is 45.4 Å². The number of hydrogen-bond donors (Lipinski definition) is 1. The van der Waals surface area contributed by atoms with Crippen molar-refractivity contribution in [1.29, 1.82) is 0 Å². The molecule has 0 unspecified atom stereocenters. The first-order valence-electron chi connectivity index (χ1n) is 7.14. The largest absolute Gasteiger partial charge is 0.383 e. The lowest BCUT2D eigenvalue weighted by Gasteiger charge is -2.03. The quantitative estimate of drug-likeness (QED) is 0.619. The topological polar surface area (TPSA) is 21.3 Å². The van der Waals surface area contributed by atoms with Crippen LogP contribution < -0.4 is 5.32 Å². The van der Waals surface area contributed by atoms with Crippen LogP contribution in [0.4, 0.5) is 0 Å². The summed E-state index contributed by atoms with van der Waals surface area (Å²) in [6, 6.07) is 4.58. The van der Waals surface area contributed by atoms with Crippen LogP contribution in [0.2, 0.25) is 0 Å². The average molecular weight is 269 g/mol. The molecular formula is C15H27NOS. The summed E-state index contributed by atoms with van der Waals surface area (Å²) in [4.78, 5) is 3.08. The molecule has 3 heteroatoms. The summed E-state index contributed by atoms with van der Waals surface area (Å²) in [6.07, 6.45) is 7.76. The summed E-state index contributed by atoms with van der Waals surface area (Å²) in [7, 11) is 1.75. The maximum atomic E-state index is 4.99. The maximum Gasteiger partial charge on any atom is 0.0587 e. The highest BCUT2D eigenvalue weighted by atomic mass is 32.1. The summed E-state index contributed by atoms with van der Waals surface area (Å²) in [5.74, 6) is 0. The molecule has 0 amide bonds. The standard InChI is InChI=1S/C15H27NOS/c1-3-14-9-10-15(18-14)8-6-4-5-7-11-16-12-13-17-2/h9-10,16H,3-8,11-13H2,1-2H3. The molecular weight excluding hydrogens is 242 g/mol. The van der Waals surface area contributed by atoms with E-state index < -0.39 is 0 Å². The van der Waals surface area contributed by atoms with Crippen LogP contribution in [-0.2, 0) is 17.6 Å². The third-order valence-corrected chi connectivity index (χ3v) is 4.36. The van der Waals surface area contributed by atoms with Crippen molar-refractivity contribution in [1.82, 2.24) is 5.32 Å². The maximum absolute atomic E-state index is 4.99. The minimum Gasteiger partial charge on any atom is -0.383 e. The number of ether oxygens (including phenoxy) is 1. The summed E-state index contributed by atoms with van der Waals surface area (Å²) in [5.41, 5.74) is 0. The van der Waals surface area contributed by atoms with Gasteiger partial charge in [-0.1, -0.05) is 19.8 Å². The van der Waals surface area contributed by atoms with Crippen molar-refractivity contribution in [3.63, 3.8) is 0 Å². The zero-order valence-corrected chi connectivity index (χ0v) is 12.7. The van der Waals surface area contributed by atoms with E-state index in [4.69, 9.17) is 4.74 Å². The highest BCUT2D eigenvalue weighted by molar-refractivity contribution is 7.11. The van der Waals surface area contributed by atoms with E-state index in [2.05, 4.69) is 24.4 Å². The highest BCUT2D eigenvalue weighted by Crippen LogP contribution is 2.19. The molecule has 1 rings (SSSR count). The molecule has 0 aliphatic carbocycles. The second-order valence-electron chi connectivity index (χ2n) is 4.63. The van der Waals surface area contributed by atoms with Gasteiger partial charge < -0.3 is 10.1 Å². The molecule has 0 saturated carbocycles. The van der Waals surface area contributed by atoms with Crippen LogP contribution in [0, 0.1) is 0 Å². The van der Waals surface area contributed by atoms with Crippen LogP contribution in [0.5, 0.6) is 0 Å². The van der Waals surface area contributed by atoms with Gasteiger partial charge >= 0.3 is 0 Å². The summed E-state index contributed by atoms with van der Waals surface area (Å²) >= 11 is 1.98. The molecule has 0 spiro atoms. The highest BCUT2D eigenvalue weighted by Gasteiger charge is 1.98. The van der Waals surface area contributed by atoms with E-state index in [0.717, 1.165) is 19.7 Å². The average Bonchev–Trinajstić information content (AvgIpc) is 2.85. The molecule has 0 atom stereocenters. The van der Waals surface area contributed by atoms with Crippen LogP contribution in [0.3, 0.4) is 0 Å². The lowest BCUT2D eigenvalue weighted by molar-refractivity contribution is 0.199. The van der Waals surface area contributed by atoms with E-state index in [1.165, 1.54) is 43.4 Å². The summed E-state index contributed by atoms with van der Waals surface area (Å²) in [6.45, 7) is 5.15. The normalized spacial score (nSPS) is 11.0. The third kappa shape index (κ3) is 7.14. The number of aryl methyl sites for hydroxylation is 2. The minimum absolute atomic E-state index is 0.818. The first-order valence-corrected chi connectivity index (χ1v) is 7.95. The van der Waals surface area contributed by atoms with Gasteiger partial charge in [0.25, 0.3) is 0 Å². The smallest absolute Gasteiger partial charge is 0.0587 e. The van der Waals surface area contributed by atoms with Crippen molar-refractivity contribution < 1.29 is 4.74 Å². The molecule has 0 fully saturated rings. The van der Waals surface area contributed by atoms with Crippen molar-refractivity contribution in [3.05, 3.63) is 21.9 Å². The Labute approximate surface area is 116 Å². The first kappa shape index (κ1) is 15.7. The second-order valence-corrected chi connectivity index (χ2v) is 5.88. The van der Waals surface area contributed by atoms with Crippen molar-refractivity contribution >= 4 is 11.3 Å². The van der Waals surface area contributed by atoms with Crippen LogP contribution in [-0.4, -0.2) is 26.8 Å². The number of rotatable bonds is 11. The Morgan fingerprint density at radius 1 is 1.06 bits per heavy atom. The van der Waals surface area contributed by atoms with Gasteiger partial charge in [-0.05, 0) is 44.4 Å². The van der Waals surface area contributed by atoms with Crippen LogP contribution in [0.15, 0.2) is 12.1 Å². The Balaban J connectivity index is 1.89. The van der Waals surface area contributed by atoms with Crippen molar-refractivity contribution in [3.8, 4) is 0 Å². The molecule has 18 heavy (non-hydrogen) atoms. The Morgan fingerprint density at radius 2 is 1.83 bits per heavy atom. The van der Waals surface area contributed by atoms with Gasteiger partial charge in [0.05, 0.1) is 6.61 Å². The third-order valence-electron chi connectivity index (χ3n) is 3.08. The molecule has 0 aromatic carbocycles. The van der Waals surface area contributed by atoms with E-state index in [0.29, 0.717) is 0 Å². The van der Waals surface area contributed by atoms with Gasteiger partial charge in [0, 0.05) is 23.4 Å². The molecule has 1 aromatic rings. The zero-order chi connectivity index (χ0) is 13.1. The van der Waals surface area contributed by atoms with E-state index in [9.17, 15) is 0 Å². The summed E-state index contributed by atoms with van der Waals surface area (Å²) < 4.78 is 4.99. The Kier molecular flexibility index (Phi) is 9.17. The molecule has 0 saturated heterocycles. The van der Waals surface area contributed by atoms with Gasteiger partial charge in [-0.3, -0.25) is 0 Å². The van der Waals surface area contributed by atoms with Crippen LogP contribution in [0.1, 0.15) is 42.4 Å². The Bertz CT molecular complexity index is 298. The Morgan fingerprint density at radius 3 is 2.56 bits per heavy atom. The molecule has 0 radical (unpaired) electrons. The van der Waals surface area contributed by atoms with E-state index in [1.807, 2.05) is 11.3 Å². The zero-order valence-electron chi connectivity index (χ0n) is 11.8. The molecule has 1 N–H and O–H groups in total. The van der Waals surface area contributed by atoms with Crippen molar-refractivity contribution in [2.75, 3.05) is 26.8 Å². The molecule has 2 nitrogen and oxygen atoms in total. The van der Waals surface area contributed by atoms with E-state index in [1.54, 1.807) is 12.0 Å². The number of nitrogens with one attached hydrogen (secondary N) is 1. The number of methoxy groups -OCH3 is 1.